The second-order valence-electron chi connectivity index (χ2n) is 6.80. The zero-order chi connectivity index (χ0) is 20.9. The number of para-hydroxylation sites is 1. The normalized spacial score (nSPS) is 10.7. The van der Waals surface area contributed by atoms with Crippen molar-refractivity contribution in [3.63, 3.8) is 0 Å². The zero-order valence-electron chi connectivity index (χ0n) is 16.4. The molecule has 3 aromatic carbocycles. The number of nitrogens with zero attached hydrogens (tertiary/aromatic N) is 2. The van der Waals surface area contributed by atoms with Crippen LogP contribution in [0.15, 0.2) is 90.2 Å². The number of benzene rings is 3. The van der Waals surface area contributed by atoms with Crippen LogP contribution in [0.1, 0.15) is 5.56 Å². The molecular formula is C24H20FN3OS. The van der Waals surface area contributed by atoms with Gasteiger partial charge < -0.3 is 5.32 Å². The molecule has 4 rings (SSSR count). The fourth-order valence-corrected chi connectivity index (χ4v) is 3.78. The van der Waals surface area contributed by atoms with Crippen molar-refractivity contribution in [2.45, 2.75) is 12.1 Å². The number of aromatic nitrogens is 2. The largest absolute Gasteiger partial charge is 0.325 e. The van der Waals surface area contributed by atoms with Crippen molar-refractivity contribution in [1.29, 1.82) is 0 Å². The van der Waals surface area contributed by atoms with Gasteiger partial charge in [-0.15, -0.1) is 0 Å². The standard InChI is InChI=1S/C24H20FN3OS/c1-17-11-13-19(14-12-17)26-23(29)16-30-24-27-21(18-7-3-2-4-8-18)15-28(24)22-10-6-5-9-20(22)25/h2-15H,16H2,1H3,(H,26,29). The first-order valence-corrected chi connectivity index (χ1v) is 10.5. The number of thioether (sulfide) groups is 1. The number of anilines is 1. The third-order valence-electron chi connectivity index (χ3n) is 4.52. The quantitative estimate of drug-likeness (QED) is 0.408. The highest BCUT2D eigenvalue weighted by atomic mass is 32.2. The molecule has 0 unspecified atom stereocenters. The van der Waals surface area contributed by atoms with E-state index in [1.165, 1.54) is 17.8 Å². The number of hydrogen-bond donors (Lipinski definition) is 1. The molecule has 0 aliphatic rings. The van der Waals surface area contributed by atoms with Crippen molar-refractivity contribution in [2.24, 2.45) is 0 Å². The number of rotatable bonds is 6. The molecule has 1 amide bonds. The fraction of sp³-hybridized carbons (Fsp3) is 0.0833. The summed E-state index contributed by atoms with van der Waals surface area (Å²) >= 11 is 1.27. The molecule has 0 radical (unpaired) electrons. The molecule has 1 N–H and O–H groups in total. The molecule has 0 saturated heterocycles. The van der Waals surface area contributed by atoms with Crippen LogP contribution in [-0.2, 0) is 4.79 Å². The second kappa shape index (κ2) is 8.97. The smallest absolute Gasteiger partial charge is 0.234 e. The van der Waals surface area contributed by atoms with Gasteiger partial charge in [0.15, 0.2) is 5.16 Å². The van der Waals surface area contributed by atoms with Gasteiger partial charge in [0.25, 0.3) is 0 Å². The molecule has 6 heteroatoms. The van der Waals surface area contributed by atoms with Gasteiger partial charge in [-0.25, -0.2) is 9.37 Å². The Hall–Kier alpha value is -3.38. The summed E-state index contributed by atoms with van der Waals surface area (Å²) in [6, 6.07) is 23.9. The molecule has 0 aliphatic carbocycles. The van der Waals surface area contributed by atoms with E-state index in [2.05, 4.69) is 10.3 Å². The van der Waals surface area contributed by atoms with E-state index in [0.29, 0.717) is 10.8 Å². The van der Waals surface area contributed by atoms with Crippen LogP contribution in [0, 0.1) is 12.7 Å². The van der Waals surface area contributed by atoms with Gasteiger partial charge in [-0.3, -0.25) is 9.36 Å². The molecule has 1 aromatic heterocycles. The third kappa shape index (κ3) is 4.60. The van der Waals surface area contributed by atoms with Crippen molar-refractivity contribution in [3.05, 3.63) is 96.4 Å². The number of carbonyl (C=O) groups is 1. The first-order valence-electron chi connectivity index (χ1n) is 9.49. The van der Waals surface area contributed by atoms with Gasteiger partial charge >= 0.3 is 0 Å². The molecule has 0 aliphatic heterocycles. The number of carbonyl (C=O) groups excluding carboxylic acids is 1. The molecule has 1 heterocycles. The molecule has 150 valence electrons. The minimum absolute atomic E-state index is 0.145. The van der Waals surface area contributed by atoms with Crippen LogP contribution < -0.4 is 5.32 Å². The number of nitrogens with one attached hydrogen (secondary N) is 1. The van der Waals surface area contributed by atoms with Crippen molar-refractivity contribution < 1.29 is 9.18 Å². The summed E-state index contributed by atoms with van der Waals surface area (Å²) in [7, 11) is 0. The lowest BCUT2D eigenvalue weighted by Gasteiger charge is -2.09. The number of hydrogen-bond acceptors (Lipinski definition) is 3. The Morgan fingerprint density at radius 2 is 1.70 bits per heavy atom. The van der Waals surface area contributed by atoms with E-state index in [1.54, 1.807) is 29.0 Å². The van der Waals surface area contributed by atoms with E-state index in [1.807, 2.05) is 61.5 Å². The van der Waals surface area contributed by atoms with E-state index >= 15 is 0 Å². The summed E-state index contributed by atoms with van der Waals surface area (Å²) < 4.78 is 16.1. The van der Waals surface area contributed by atoms with Gasteiger partial charge in [0.05, 0.1) is 17.1 Å². The fourth-order valence-electron chi connectivity index (χ4n) is 3.00. The predicted octanol–water partition coefficient (Wildman–Crippen LogP) is 5.72. The van der Waals surface area contributed by atoms with Crippen molar-refractivity contribution in [2.75, 3.05) is 11.1 Å². The number of aryl methyl sites for hydroxylation is 1. The lowest BCUT2D eigenvalue weighted by Crippen LogP contribution is -2.14. The summed E-state index contributed by atoms with van der Waals surface area (Å²) in [5.74, 6) is -0.332. The molecular weight excluding hydrogens is 397 g/mol. The Kier molecular flexibility index (Phi) is 5.95. The summed E-state index contributed by atoms with van der Waals surface area (Å²) in [5.41, 5.74) is 3.92. The topological polar surface area (TPSA) is 46.9 Å². The Balaban J connectivity index is 1.58. The van der Waals surface area contributed by atoms with Crippen molar-refractivity contribution in [3.8, 4) is 16.9 Å². The molecule has 30 heavy (non-hydrogen) atoms. The van der Waals surface area contributed by atoms with Crippen LogP contribution in [-0.4, -0.2) is 21.2 Å². The number of halogens is 1. The van der Waals surface area contributed by atoms with E-state index in [0.717, 1.165) is 22.5 Å². The molecule has 4 aromatic rings. The average Bonchev–Trinajstić information content (AvgIpc) is 3.19. The second-order valence-corrected chi connectivity index (χ2v) is 7.74. The first-order chi connectivity index (χ1) is 14.6. The lowest BCUT2D eigenvalue weighted by molar-refractivity contribution is -0.113. The zero-order valence-corrected chi connectivity index (χ0v) is 17.2. The Labute approximate surface area is 178 Å². The van der Waals surface area contributed by atoms with E-state index in [4.69, 9.17) is 0 Å². The van der Waals surface area contributed by atoms with Gasteiger partial charge in [-0.1, -0.05) is 71.9 Å². The Morgan fingerprint density at radius 3 is 2.43 bits per heavy atom. The Bertz CT molecular complexity index is 1160. The van der Waals surface area contributed by atoms with Crippen LogP contribution >= 0.6 is 11.8 Å². The minimum atomic E-state index is -0.347. The highest BCUT2D eigenvalue weighted by molar-refractivity contribution is 7.99. The number of amides is 1. The summed E-state index contributed by atoms with van der Waals surface area (Å²) in [6.45, 7) is 1.99. The molecule has 0 saturated carbocycles. The van der Waals surface area contributed by atoms with Gasteiger partial charge in [0.1, 0.15) is 5.82 Å². The number of imidazole rings is 1. The Morgan fingerprint density at radius 1 is 1.00 bits per heavy atom. The third-order valence-corrected chi connectivity index (χ3v) is 5.48. The molecule has 0 atom stereocenters. The summed E-state index contributed by atoms with van der Waals surface area (Å²) in [4.78, 5) is 17.1. The minimum Gasteiger partial charge on any atom is -0.325 e. The van der Waals surface area contributed by atoms with Crippen molar-refractivity contribution >= 4 is 23.4 Å². The maximum atomic E-state index is 14.4. The maximum absolute atomic E-state index is 14.4. The van der Waals surface area contributed by atoms with Crippen LogP contribution in [0.2, 0.25) is 0 Å². The van der Waals surface area contributed by atoms with Crippen LogP contribution in [0.3, 0.4) is 0 Å². The molecule has 0 bridgehead atoms. The first kappa shape index (κ1) is 19.9. The van der Waals surface area contributed by atoms with Gasteiger partial charge in [0, 0.05) is 17.4 Å². The van der Waals surface area contributed by atoms with Crippen LogP contribution in [0.25, 0.3) is 16.9 Å². The van der Waals surface area contributed by atoms with E-state index in [9.17, 15) is 9.18 Å². The van der Waals surface area contributed by atoms with Gasteiger partial charge in [-0.2, -0.15) is 0 Å². The van der Waals surface area contributed by atoms with E-state index in [-0.39, 0.29) is 17.5 Å². The average molecular weight is 418 g/mol. The highest BCUT2D eigenvalue weighted by Crippen LogP contribution is 2.28. The van der Waals surface area contributed by atoms with Crippen LogP contribution in [0.5, 0.6) is 0 Å². The van der Waals surface area contributed by atoms with Gasteiger partial charge in [-0.05, 0) is 31.2 Å². The monoisotopic (exact) mass is 417 g/mol. The predicted molar refractivity (Wildman–Crippen MR) is 119 cm³/mol. The van der Waals surface area contributed by atoms with Crippen molar-refractivity contribution in [1.82, 2.24) is 9.55 Å². The molecule has 0 fully saturated rings. The molecule has 4 nitrogen and oxygen atoms in total. The highest BCUT2D eigenvalue weighted by Gasteiger charge is 2.15. The maximum Gasteiger partial charge on any atom is 0.234 e. The lowest BCUT2D eigenvalue weighted by atomic mass is 10.2. The van der Waals surface area contributed by atoms with E-state index < -0.39 is 0 Å². The summed E-state index contributed by atoms with van der Waals surface area (Å²) in [6.07, 6.45) is 1.80. The molecule has 0 spiro atoms. The SMILES string of the molecule is Cc1ccc(NC(=O)CSc2nc(-c3ccccc3)cn2-c2ccccc2F)cc1. The van der Waals surface area contributed by atoms with Gasteiger partial charge in [0.2, 0.25) is 5.91 Å². The summed E-state index contributed by atoms with van der Waals surface area (Å²) in [5, 5.41) is 3.43. The van der Waals surface area contributed by atoms with Crippen LogP contribution in [0.4, 0.5) is 10.1 Å².